The minimum Gasteiger partial charge on any atom is -0.379 e. The summed E-state index contributed by atoms with van der Waals surface area (Å²) in [5.74, 6) is 0. The van der Waals surface area contributed by atoms with Crippen LogP contribution in [0.25, 0.3) is 11.3 Å². The predicted molar refractivity (Wildman–Crippen MR) is 76.8 cm³/mol. The summed E-state index contributed by atoms with van der Waals surface area (Å²) in [4.78, 5) is 4.72. The van der Waals surface area contributed by atoms with Gasteiger partial charge in [0.2, 0.25) is 0 Å². The van der Waals surface area contributed by atoms with Gasteiger partial charge in [-0.2, -0.15) is 0 Å². The first-order chi connectivity index (χ1) is 8.73. The number of hydrogen-bond acceptors (Lipinski definition) is 4. The molecular formula is C13H13BrN2OS. The van der Waals surface area contributed by atoms with Gasteiger partial charge in [-0.3, -0.25) is 0 Å². The van der Waals surface area contributed by atoms with Crippen molar-refractivity contribution in [1.29, 1.82) is 0 Å². The Bertz CT molecular complexity index is 543. The summed E-state index contributed by atoms with van der Waals surface area (Å²) < 4.78 is 6.37. The van der Waals surface area contributed by atoms with Crippen LogP contribution in [-0.2, 0) is 10.2 Å². The summed E-state index contributed by atoms with van der Waals surface area (Å²) in [6.07, 6.45) is 0. The van der Waals surface area contributed by atoms with Crippen molar-refractivity contribution in [3.05, 3.63) is 39.1 Å². The molecule has 5 heteroatoms. The lowest BCUT2D eigenvalue weighted by atomic mass is 9.87. The maximum atomic E-state index is 5.85. The van der Waals surface area contributed by atoms with Crippen molar-refractivity contribution < 1.29 is 4.74 Å². The number of hydrogen-bond donors (Lipinski definition) is 1. The summed E-state index contributed by atoms with van der Waals surface area (Å²) in [7, 11) is 0. The molecule has 1 aliphatic rings. The third-order valence-electron chi connectivity index (χ3n) is 3.25. The van der Waals surface area contributed by atoms with E-state index in [1.807, 2.05) is 12.1 Å². The fraction of sp³-hybridized carbons (Fsp3) is 0.308. The molecule has 3 nitrogen and oxygen atoms in total. The van der Waals surface area contributed by atoms with E-state index in [0.717, 1.165) is 20.7 Å². The summed E-state index contributed by atoms with van der Waals surface area (Å²) in [6.45, 7) is 1.98. The van der Waals surface area contributed by atoms with Crippen LogP contribution in [0.15, 0.2) is 34.1 Å². The molecule has 94 valence electrons. The second-order valence-corrected chi connectivity index (χ2v) is 6.30. The fourth-order valence-corrected chi connectivity index (χ4v) is 3.23. The molecule has 18 heavy (non-hydrogen) atoms. The zero-order valence-corrected chi connectivity index (χ0v) is 12.1. The third-order valence-corrected chi connectivity index (χ3v) is 4.86. The largest absolute Gasteiger partial charge is 0.379 e. The second kappa shape index (κ2) is 4.74. The molecule has 0 spiro atoms. The molecule has 1 aromatic carbocycles. The molecule has 1 saturated heterocycles. The Morgan fingerprint density at radius 3 is 2.61 bits per heavy atom. The number of rotatable bonds is 3. The first-order valence-electron chi connectivity index (χ1n) is 5.73. The van der Waals surface area contributed by atoms with Crippen LogP contribution in [0.5, 0.6) is 0 Å². The molecule has 1 aliphatic heterocycles. The first-order valence-corrected chi connectivity index (χ1v) is 7.40. The highest BCUT2D eigenvalue weighted by Crippen LogP contribution is 2.35. The molecule has 3 rings (SSSR count). The highest BCUT2D eigenvalue weighted by atomic mass is 79.9. The van der Waals surface area contributed by atoms with Crippen LogP contribution in [0.3, 0.4) is 0 Å². The molecule has 2 aromatic rings. The minimum atomic E-state index is -0.0434. The monoisotopic (exact) mass is 324 g/mol. The van der Waals surface area contributed by atoms with Crippen molar-refractivity contribution in [3.63, 3.8) is 0 Å². The van der Waals surface area contributed by atoms with Gasteiger partial charge in [-0.1, -0.05) is 28.1 Å². The van der Waals surface area contributed by atoms with Crippen molar-refractivity contribution in [3.8, 4) is 11.3 Å². The molecule has 0 saturated carbocycles. The Morgan fingerprint density at radius 2 is 2.06 bits per heavy atom. The van der Waals surface area contributed by atoms with Crippen molar-refractivity contribution in [1.82, 2.24) is 4.98 Å². The summed E-state index contributed by atoms with van der Waals surface area (Å²) in [6, 6.07) is 8.18. The lowest BCUT2D eigenvalue weighted by Gasteiger charge is -2.38. The normalized spacial score (nSPS) is 17.4. The third kappa shape index (κ3) is 2.01. The van der Waals surface area contributed by atoms with Crippen molar-refractivity contribution in [2.75, 3.05) is 19.8 Å². The van der Waals surface area contributed by atoms with E-state index in [-0.39, 0.29) is 5.41 Å². The molecule has 0 aliphatic carbocycles. The topological polar surface area (TPSA) is 48.1 Å². The van der Waals surface area contributed by atoms with Gasteiger partial charge in [0.1, 0.15) is 5.01 Å². The van der Waals surface area contributed by atoms with Gasteiger partial charge < -0.3 is 10.5 Å². The van der Waals surface area contributed by atoms with Crippen LogP contribution in [0, 0.1) is 0 Å². The molecule has 0 unspecified atom stereocenters. The van der Waals surface area contributed by atoms with Gasteiger partial charge in [0.25, 0.3) is 0 Å². The van der Waals surface area contributed by atoms with Gasteiger partial charge in [-0.15, -0.1) is 11.3 Å². The highest BCUT2D eigenvalue weighted by molar-refractivity contribution is 9.10. The Labute approximate surface area is 118 Å². The quantitative estimate of drug-likeness (QED) is 0.944. The lowest BCUT2D eigenvalue weighted by molar-refractivity contribution is -0.0550. The average Bonchev–Trinajstić information content (AvgIpc) is 2.79. The fourth-order valence-electron chi connectivity index (χ4n) is 1.95. The van der Waals surface area contributed by atoms with Crippen LogP contribution in [0.4, 0.5) is 0 Å². The van der Waals surface area contributed by atoms with E-state index in [2.05, 4.69) is 33.4 Å². The number of halogens is 1. The predicted octanol–water partition coefficient (Wildman–Crippen LogP) is 2.80. The number of thiazole rings is 1. The van der Waals surface area contributed by atoms with Gasteiger partial charge in [-0.05, 0) is 12.1 Å². The Kier molecular flexibility index (Phi) is 3.23. The number of aromatic nitrogens is 1. The number of ether oxygens (including phenoxy) is 1. The SMILES string of the molecule is NCC1(c2nc(-c3ccc(Br)cc3)cs2)COC1. The molecule has 1 aromatic heterocycles. The van der Waals surface area contributed by atoms with Gasteiger partial charge in [0.15, 0.2) is 0 Å². The Hall–Kier alpha value is -0.750. The van der Waals surface area contributed by atoms with E-state index in [0.29, 0.717) is 19.8 Å². The minimum absolute atomic E-state index is 0.0434. The zero-order chi connectivity index (χ0) is 12.6. The molecule has 0 bridgehead atoms. The Morgan fingerprint density at radius 1 is 1.33 bits per heavy atom. The van der Waals surface area contributed by atoms with E-state index in [1.165, 1.54) is 0 Å². The van der Waals surface area contributed by atoms with E-state index in [4.69, 9.17) is 15.5 Å². The smallest absolute Gasteiger partial charge is 0.105 e. The number of benzene rings is 1. The van der Waals surface area contributed by atoms with Gasteiger partial charge >= 0.3 is 0 Å². The molecule has 2 heterocycles. The maximum absolute atomic E-state index is 5.85. The van der Waals surface area contributed by atoms with Crippen molar-refractivity contribution in [2.45, 2.75) is 5.41 Å². The first kappa shape index (κ1) is 12.3. The molecule has 0 amide bonds. The van der Waals surface area contributed by atoms with E-state index in [1.54, 1.807) is 11.3 Å². The molecule has 0 atom stereocenters. The molecule has 1 fully saturated rings. The summed E-state index contributed by atoms with van der Waals surface area (Å²) in [5.41, 5.74) is 7.95. The maximum Gasteiger partial charge on any atom is 0.105 e. The van der Waals surface area contributed by atoms with E-state index in [9.17, 15) is 0 Å². The lowest BCUT2D eigenvalue weighted by Crippen LogP contribution is -2.52. The molecular weight excluding hydrogens is 312 g/mol. The second-order valence-electron chi connectivity index (χ2n) is 4.52. The van der Waals surface area contributed by atoms with Crippen LogP contribution in [-0.4, -0.2) is 24.7 Å². The van der Waals surface area contributed by atoms with Crippen molar-refractivity contribution in [2.24, 2.45) is 5.73 Å². The van der Waals surface area contributed by atoms with Crippen LogP contribution >= 0.6 is 27.3 Å². The van der Waals surface area contributed by atoms with Crippen molar-refractivity contribution >= 4 is 27.3 Å². The van der Waals surface area contributed by atoms with Gasteiger partial charge in [0.05, 0.1) is 24.3 Å². The van der Waals surface area contributed by atoms with Crippen LogP contribution in [0.1, 0.15) is 5.01 Å². The number of nitrogens with two attached hydrogens (primary N) is 1. The summed E-state index contributed by atoms with van der Waals surface area (Å²) >= 11 is 5.11. The number of nitrogens with zero attached hydrogens (tertiary/aromatic N) is 1. The standard InChI is InChI=1S/C13H13BrN2OS/c14-10-3-1-9(2-4-10)11-5-18-12(16-11)13(6-15)7-17-8-13/h1-5H,6-8,15H2. The highest BCUT2D eigenvalue weighted by Gasteiger charge is 2.41. The van der Waals surface area contributed by atoms with E-state index < -0.39 is 0 Å². The van der Waals surface area contributed by atoms with Gasteiger partial charge in [0, 0.05) is 22.0 Å². The van der Waals surface area contributed by atoms with Crippen LogP contribution < -0.4 is 5.73 Å². The molecule has 0 radical (unpaired) electrons. The average molecular weight is 325 g/mol. The van der Waals surface area contributed by atoms with Gasteiger partial charge in [-0.25, -0.2) is 4.98 Å². The van der Waals surface area contributed by atoms with E-state index >= 15 is 0 Å². The Balaban J connectivity index is 1.91. The zero-order valence-electron chi connectivity index (χ0n) is 9.73. The van der Waals surface area contributed by atoms with Crippen LogP contribution in [0.2, 0.25) is 0 Å². The molecule has 2 N–H and O–H groups in total. The summed E-state index contributed by atoms with van der Waals surface area (Å²) in [5, 5.41) is 3.18.